The summed E-state index contributed by atoms with van der Waals surface area (Å²) in [4.78, 5) is 24.9. The second-order valence-electron chi connectivity index (χ2n) is 10.7. The van der Waals surface area contributed by atoms with Gasteiger partial charge in [-0.15, -0.1) is 0 Å². The van der Waals surface area contributed by atoms with Crippen LogP contribution >= 0.6 is 0 Å². The molecule has 5 rings (SSSR count). The van der Waals surface area contributed by atoms with Crippen LogP contribution in [0, 0.1) is 28.6 Å². The Balaban J connectivity index is 1.56. The molecule has 0 spiro atoms. The van der Waals surface area contributed by atoms with Gasteiger partial charge >= 0.3 is 5.97 Å². The van der Waals surface area contributed by atoms with Crippen molar-refractivity contribution in [3.63, 3.8) is 0 Å². The van der Waals surface area contributed by atoms with Gasteiger partial charge in [-0.05, 0) is 85.5 Å². The average molecular weight is 424 g/mol. The highest BCUT2D eigenvalue weighted by Crippen LogP contribution is 2.69. The number of aliphatic carboxylic acids is 1. The monoisotopic (exact) mass is 423 g/mol. The zero-order valence-electron chi connectivity index (χ0n) is 18.7. The number of amides is 1. The molecule has 7 atom stereocenters. The lowest BCUT2D eigenvalue weighted by Crippen LogP contribution is -2.61. The highest BCUT2D eigenvalue weighted by molar-refractivity contribution is 5.89. The Morgan fingerprint density at radius 2 is 1.90 bits per heavy atom. The minimum Gasteiger partial charge on any atom is -0.497 e. The number of carbonyl (C=O) groups is 2. The molecule has 2 unspecified atom stereocenters. The van der Waals surface area contributed by atoms with Crippen molar-refractivity contribution in [3.05, 3.63) is 42.0 Å². The van der Waals surface area contributed by atoms with E-state index in [1.807, 2.05) is 24.3 Å². The summed E-state index contributed by atoms with van der Waals surface area (Å²) in [7, 11) is 1.63. The fraction of sp³-hybridized carbons (Fsp3) is 0.615. The van der Waals surface area contributed by atoms with Crippen molar-refractivity contribution in [3.8, 4) is 5.75 Å². The molecule has 3 saturated carbocycles. The fourth-order valence-electron chi connectivity index (χ4n) is 8.21. The summed E-state index contributed by atoms with van der Waals surface area (Å²) >= 11 is 0. The number of ether oxygens (including phenoxy) is 1. The van der Waals surface area contributed by atoms with Crippen LogP contribution in [0.15, 0.2) is 36.4 Å². The van der Waals surface area contributed by atoms with Crippen molar-refractivity contribution in [1.29, 1.82) is 0 Å². The molecule has 1 aliphatic heterocycles. The summed E-state index contributed by atoms with van der Waals surface area (Å²) in [5, 5.41) is 13.8. The molecule has 1 heterocycles. The number of carboxylic acid groups (broad SMARTS) is 1. The quantitative estimate of drug-likeness (QED) is 0.759. The first kappa shape index (κ1) is 20.6. The summed E-state index contributed by atoms with van der Waals surface area (Å²) in [6, 6.07) is 7.92. The first-order valence-electron chi connectivity index (χ1n) is 11.6. The van der Waals surface area contributed by atoms with E-state index in [1.165, 1.54) is 0 Å². The molecule has 1 amide bonds. The van der Waals surface area contributed by atoms with E-state index in [2.05, 4.69) is 25.2 Å². The lowest BCUT2D eigenvalue weighted by atomic mass is 9.45. The lowest BCUT2D eigenvalue weighted by Gasteiger charge is -2.60. The van der Waals surface area contributed by atoms with Crippen LogP contribution in [0.25, 0.3) is 0 Å². The van der Waals surface area contributed by atoms with Gasteiger partial charge < -0.3 is 15.2 Å². The van der Waals surface area contributed by atoms with Gasteiger partial charge in [0.25, 0.3) is 0 Å². The van der Waals surface area contributed by atoms with Crippen LogP contribution in [0.3, 0.4) is 0 Å². The molecule has 1 aromatic carbocycles. The van der Waals surface area contributed by atoms with Gasteiger partial charge in [0.2, 0.25) is 5.91 Å². The summed E-state index contributed by atoms with van der Waals surface area (Å²) in [5.41, 5.74) is -0.335. The number of fused-ring (bicyclic) bond motifs is 5. The molecular formula is C26H33NO4. The van der Waals surface area contributed by atoms with Crippen LogP contribution in [0.1, 0.15) is 57.9 Å². The highest BCUT2D eigenvalue weighted by atomic mass is 16.5. The first-order valence-corrected chi connectivity index (χ1v) is 11.6. The molecular weight excluding hydrogens is 390 g/mol. The Hall–Kier alpha value is -2.30. The van der Waals surface area contributed by atoms with Crippen molar-refractivity contribution in [2.75, 3.05) is 7.11 Å². The van der Waals surface area contributed by atoms with Crippen LogP contribution in [0.5, 0.6) is 5.75 Å². The molecule has 0 aromatic heterocycles. The molecule has 4 aliphatic rings. The average Bonchev–Trinajstić information content (AvgIpc) is 3.08. The van der Waals surface area contributed by atoms with Gasteiger partial charge in [-0.1, -0.05) is 32.1 Å². The van der Waals surface area contributed by atoms with E-state index in [-0.39, 0.29) is 22.8 Å². The Kier molecular flexibility index (Phi) is 4.55. The number of nitrogens with one attached hydrogen (secondary N) is 1. The minimum atomic E-state index is -0.883. The molecule has 5 heteroatoms. The van der Waals surface area contributed by atoms with Crippen molar-refractivity contribution in [2.24, 2.45) is 28.6 Å². The number of carbonyl (C=O) groups excluding carboxylic acids is 1. The third-order valence-corrected chi connectivity index (χ3v) is 9.81. The van der Waals surface area contributed by atoms with Crippen LogP contribution in [0.2, 0.25) is 0 Å². The van der Waals surface area contributed by atoms with Crippen LogP contribution < -0.4 is 10.1 Å². The van der Waals surface area contributed by atoms with Gasteiger partial charge in [-0.25, -0.2) is 0 Å². The van der Waals surface area contributed by atoms with Crippen molar-refractivity contribution >= 4 is 11.9 Å². The second-order valence-corrected chi connectivity index (χ2v) is 10.7. The SMILES string of the molecule is COc1cccc(C2(C(=O)O)CC[C@H]3[C@@H]4CCC5NC(=O)C=C[C@]5(C)[C@@H]4CC[C@@]32C)c1. The summed E-state index contributed by atoms with van der Waals surface area (Å²) in [5.74, 6) is 1.38. The zero-order chi connectivity index (χ0) is 22.0. The first-order chi connectivity index (χ1) is 14.8. The van der Waals surface area contributed by atoms with Crippen LogP contribution in [-0.4, -0.2) is 30.1 Å². The smallest absolute Gasteiger partial charge is 0.314 e. The molecule has 0 bridgehead atoms. The van der Waals surface area contributed by atoms with Crippen molar-refractivity contribution < 1.29 is 19.4 Å². The third-order valence-electron chi connectivity index (χ3n) is 9.81. The summed E-state index contributed by atoms with van der Waals surface area (Å²) in [6.45, 7) is 4.54. The van der Waals surface area contributed by atoms with Gasteiger partial charge in [-0.3, -0.25) is 9.59 Å². The molecule has 2 N–H and O–H groups in total. The Bertz CT molecular complexity index is 956. The number of hydrogen-bond acceptors (Lipinski definition) is 3. The topological polar surface area (TPSA) is 75.6 Å². The minimum absolute atomic E-state index is 0.0189. The van der Waals surface area contributed by atoms with E-state index in [1.54, 1.807) is 13.2 Å². The number of methoxy groups -OCH3 is 1. The zero-order valence-corrected chi connectivity index (χ0v) is 18.7. The van der Waals surface area contributed by atoms with Gasteiger partial charge in [0.05, 0.1) is 12.5 Å². The van der Waals surface area contributed by atoms with Gasteiger partial charge in [0.1, 0.15) is 5.75 Å². The molecule has 31 heavy (non-hydrogen) atoms. The summed E-state index contributed by atoms with van der Waals surface area (Å²) in [6.07, 6.45) is 9.41. The van der Waals surface area contributed by atoms with Crippen molar-refractivity contribution in [1.82, 2.24) is 5.32 Å². The Morgan fingerprint density at radius 1 is 1.13 bits per heavy atom. The molecule has 0 radical (unpaired) electrons. The predicted molar refractivity (Wildman–Crippen MR) is 118 cm³/mol. The molecule has 3 aliphatic carbocycles. The largest absolute Gasteiger partial charge is 0.497 e. The number of benzene rings is 1. The van der Waals surface area contributed by atoms with Crippen molar-refractivity contribution in [2.45, 2.75) is 63.8 Å². The Labute approximate surface area is 184 Å². The molecule has 3 fully saturated rings. The number of hydrogen-bond donors (Lipinski definition) is 2. The van der Waals surface area contributed by atoms with Gasteiger partial charge in [0, 0.05) is 11.5 Å². The predicted octanol–water partition coefficient (Wildman–Crippen LogP) is 4.31. The van der Waals surface area contributed by atoms with E-state index in [4.69, 9.17) is 4.74 Å². The molecule has 1 aromatic rings. The normalized spacial score (nSPS) is 43.4. The molecule has 5 nitrogen and oxygen atoms in total. The highest BCUT2D eigenvalue weighted by Gasteiger charge is 2.67. The maximum Gasteiger partial charge on any atom is 0.314 e. The standard InChI is InChI=1S/C26H33NO4/c1-24-12-11-22(28)27-21(24)8-7-18-19(24)9-13-25(2)20(18)10-14-26(25,23(29)30)16-5-4-6-17(15-16)31-3/h4-6,11-12,15,18-21H,7-10,13-14H2,1-3H3,(H,27,28)(H,29,30)/t18-,19-,20+,21?,24-,25+,26?/m1/s1. The van der Waals surface area contributed by atoms with E-state index < -0.39 is 11.4 Å². The Morgan fingerprint density at radius 3 is 2.65 bits per heavy atom. The third kappa shape index (κ3) is 2.61. The molecule has 166 valence electrons. The van der Waals surface area contributed by atoms with Crippen LogP contribution in [0.4, 0.5) is 0 Å². The number of carboxylic acids is 1. The van der Waals surface area contributed by atoms with Crippen LogP contribution in [-0.2, 0) is 15.0 Å². The van der Waals surface area contributed by atoms with E-state index in [0.29, 0.717) is 24.2 Å². The second kappa shape index (κ2) is 6.85. The summed E-state index contributed by atoms with van der Waals surface area (Å²) < 4.78 is 5.44. The molecule has 0 saturated heterocycles. The van der Waals surface area contributed by atoms with E-state index in [9.17, 15) is 14.7 Å². The number of rotatable bonds is 3. The van der Waals surface area contributed by atoms with E-state index in [0.717, 1.165) is 43.4 Å². The fourth-order valence-corrected chi connectivity index (χ4v) is 8.21. The van der Waals surface area contributed by atoms with Gasteiger partial charge in [-0.2, -0.15) is 0 Å². The van der Waals surface area contributed by atoms with E-state index >= 15 is 0 Å². The maximum atomic E-state index is 13.0. The van der Waals surface area contributed by atoms with Gasteiger partial charge in [0.15, 0.2) is 0 Å². The lowest BCUT2D eigenvalue weighted by molar-refractivity contribution is -0.154. The maximum absolute atomic E-state index is 13.0.